The number of aliphatic hydroxyl groups excluding tert-OH is 5. The molecular formula is C34H61NO12S. The van der Waals surface area contributed by atoms with Crippen molar-refractivity contribution in [3.05, 3.63) is 36.5 Å². The van der Waals surface area contributed by atoms with E-state index >= 15 is 0 Å². The second kappa shape index (κ2) is 26.1. The summed E-state index contributed by atoms with van der Waals surface area (Å²) in [6.07, 6.45) is 14.4. The van der Waals surface area contributed by atoms with Gasteiger partial charge in [-0.3, -0.25) is 9.35 Å². The van der Waals surface area contributed by atoms with Crippen LogP contribution in [0.5, 0.6) is 0 Å². The van der Waals surface area contributed by atoms with Gasteiger partial charge in [-0.2, -0.15) is 8.42 Å². The number of amides is 1. The molecule has 1 saturated heterocycles. The van der Waals surface area contributed by atoms with Crippen molar-refractivity contribution in [2.45, 2.75) is 159 Å². The number of allylic oxidation sites excluding steroid dienone is 5. The molecule has 1 fully saturated rings. The largest absolute Gasteiger partial charge is 0.397 e. The highest BCUT2D eigenvalue weighted by Crippen LogP contribution is 2.26. The molecule has 0 aromatic carbocycles. The molecular weight excluding hydrogens is 646 g/mol. The standard InChI is InChI=1S/C34H61NO12S/c1-3-5-7-9-11-13-14-15-17-18-20-22-27(37)26(35-33(41)28(38)23-21-19-16-12-10-8-6-4-2)25-45-34-31(40)32(47-48(42,43)44)30(39)29(24-36)46-34/h14-16,19-20,22,26-32,34,36-40H,3-13,17-18,21,23-25H2,1-2H3,(H,35,41)(H,42,43,44)/b15-14+,19-16-,22-20+. The molecule has 0 bridgehead atoms. The van der Waals surface area contributed by atoms with Gasteiger partial charge in [0.2, 0.25) is 5.91 Å². The average Bonchev–Trinajstić information content (AvgIpc) is 3.05. The van der Waals surface area contributed by atoms with Crippen LogP contribution in [-0.2, 0) is 28.9 Å². The fourth-order valence-electron chi connectivity index (χ4n) is 5.12. The van der Waals surface area contributed by atoms with Crippen LogP contribution in [0.15, 0.2) is 36.5 Å². The lowest BCUT2D eigenvalue weighted by Crippen LogP contribution is -2.61. The maximum Gasteiger partial charge on any atom is 0.397 e. The van der Waals surface area contributed by atoms with E-state index in [-0.39, 0.29) is 6.42 Å². The lowest BCUT2D eigenvalue weighted by Gasteiger charge is -2.41. The second-order valence-corrected chi connectivity index (χ2v) is 13.3. The Morgan fingerprint density at radius 2 is 1.40 bits per heavy atom. The van der Waals surface area contributed by atoms with Crippen LogP contribution in [0.2, 0.25) is 0 Å². The van der Waals surface area contributed by atoms with Crippen molar-refractivity contribution in [1.29, 1.82) is 0 Å². The summed E-state index contributed by atoms with van der Waals surface area (Å²) in [6, 6.07) is -1.15. The monoisotopic (exact) mass is 707 g/mol. The quantitative estimate of drug-likeness (QED) is 0.0372. The SMILES string of the molecule is CCCCCC/C=C\CCC(O)C(=O)NC(COC1OC(CO)C(O)C(OS(=O)(=O)O)C1O)C(O)/C=C/CC/C=C/CCCCCCC. The van der Waals surface area contributed by atoms with Crippen LogP contribution >= 0.6 is 0 Å². The summed E-state index contributed by atoms with van der Waals surface area (Å²) >= 11 is 0. The van der Waals surface area contributed by atoms with Gasteiger partial charge in [-0.05, 0) is 51.4 Å². The van der Waals surface area contributed by atoms with Crippen LogP contribution in [0.25, 0.3) is 0 Å². The van der Waals surface area contributed by atoms with Crippen molar-refractivity contribution in [3.8, 4) is 0 Å². The van der Waals surface area contributed by atoms with Crippen molar-refractivity contribution in [3.63, 3.8) is 0 Å². The van der Waals surface area contributed by atoms with E-state index in [4.69, 9.17) is 14.0 Å². The summed E-state index contributed by atoms with van der Waals surface area (Å²) in [6.45, 7) is 3.03. The van der Waals surface area contributed by atoms with E-state index in [2.05, 4.69) is 35.5 Å². The predicted molar refractivity (Wildman–Crippen MR) is 182 cm³/mol. The van der Waals surface area contributed by atoms with E-state index in [1.165, 1.54) is 38.2 Å². The number of rotatable bonds is 27. The number of ether oxygens (including phenoxy) is 2. The Labute approximate surface area is 287 Å². The predicted octanol–water partition coefficient (Wildman–Crippen LogP) is 3.40. The van der Waals surface area contributed by atoms with Gasteiger partial charge < -0.3 is 40.3 Å². The molecule has 7 N–H and O–H groups in total. The molecule has 0 aliphatic carbocycles. The van der Waals surface area contributed by atoms with E-state index < -0.39 is 78.5 Å². The maximum atomic E-state index is 12.9. The molecule has 1 aliphatic heterocycles. The van der Waals surface area contributed by atoms with Crippen molar-refractivity contribution in [2.24, 2.45) is 0 Å². The Bertz CT molecular complexity index is 1040. The van der Waals surface area contributed by atoms with Crippen molar-refractivity contribution in [1.82, 2.24) is 5.32 Å². The summed E-state index contributed by atoms with van der Waals surface area (Å²) in [4.78, 5) is 12.9. The Kier molecular flexibility index (Phi) is 24.1. The van der Waals surface area contributed by atoms with Gasteiger partial charge in [0.1, 0.15) is 30.5 Å². The zero-order valence-electron chi connectivity index (χ0n) is 28.6. The molecule has 1 rings (SSSR count). The van der Waals surface area contributed by atoms with E-state index in [0.29, 0.717) is 12.8 Å². The maximum absolute atomic E-state index is 12.9. The number of unbranched alkanes of at least 4 members (excludes halogenated alkanes) is 10. The van der Waals surface area contributed by atoms with Gasteiger partial charge in [-0.25, -0.2) is 4.18 Å². The van der Waals surface area contributed by atoms with E-state index in [0.717, 1.165) is 44.9 Å². The smallest absolute Gasteiger partial charge is 0.394 e. The Balaban J connectivity index is 2.84. The van der Waals surface area contributed by atoms with Crippen LogP contribution in [0.1, 0.15) is 110 Å². The molecule has 13 nitrogen and oxygen atoms in total. The van der Waals surface area contributed by atoms with Crippen LogP contribution in [-0.4, -0.2) is 107 Å². The van der Waals surface area contributed by atoms with E-state index in [9.17, 15) is 38.7 Å². The highest BCUT2D eigenvalue weighted by atomic mass is 32.3. The highest BCUT2D eigenvalue weighted by Gasteiger charge is 2.48. The average molecular weight is 708 g/mol. The first-order valence-corrected chi connectivity index (χ1v) is 18.8. The van der Waals surface area contributed by atoms with Gasteiger partial charge in [0, 0.05) is 0 Å². The molecule has 0 saturated carbocycles. The number of aliphatic hydroxyl groups is 5. The van der Waals surface area contributed by atoms with E-state index in [1.807, 2.05) is 12.2 Å². The Morgan fingerprint density at radius 1 is 0.833 bits per heavy atom. The highest BCUT2D eigenvalue weighted by molar-refractivity contribution is 7.80. The van der Waals surface area contributed by atoms with Crippen LogP contribution in [0.3, 0.4) is 0 Å². The van der Waals surface area contributed by atoms with Crippen molar-refractivity contribution in [2.75, 3.05) is 13.2 Å². The summed E-state index contributed by atoms with van der Waals surface area (Å²) in [5, 5.41) is 54.4. The van der Waals surface area contributed by atoms with Crippen LogP contribution in [0, 0.1) is 0 Å². The molecule has 0 aromatic rings. The van der Waals surface area contributed by atoms with Gasteiger partial charge in [0.25, 0.3) is 0 Å². The molecule has 14 heteroatoms. The van der Waals surface area contributed by atoms with Crippen LogP contribution < -0.4 is 5.32 Å². The second-order valence-electron chi connectivity index (χ2n) is 12.2. The van der Waals surface area contributed by atoms with Gasteiger partial charge in [-0.1, -0.05) is 95.2 Å². The number of carbonyl (C=O) groups excluding carboxylic acids is 1. The number of hydrogen-bond acceptors (Lipinski definition) is 11. The molecule has 1 amide bonds. The first kappa shape index (κ1) is 44.3. The molecule has 1 aliphatic rings. The normalized spacial score (nSPS) is 24.0. The first-order valence-electron chi connectivity index (χ1n) is 17.5. The summed E-state index contributed by atoms with van der Waals surface area (Å²) in [5.41, 5.74) is 0. The zero-order valence-corrected chi connectivity index (χ0v) is 29.5. The molecule has 48 heavy (non-hydrogen) atoms. The lowest BCUT2D eigenvalue weighted by atomic mass is 9.99. The summed E-state index contributed by atoms with van der Waals surface area (Å²) in [7, 11) is -5.11. The molecule has 8 atom stereocenters. The van der Waals surface area contributed by atoms with Gasteiger partial charge in [-0.15, -0.1) is 0 Å². The van der Waals surface area contributed by atoms with Crippen LogP contribution in [0.4, 0.5) is 0 Å². The third kappa shape index (κ3) is 19.5. The Morgan fingerprint density at radius 3 is 2.00 bits per heavy atom. The Hall–Kier alpha value is -1.72. The van der Waals surface area contributed by atoms with Crippen molar-refractivity contribution >= 4 is 16.3 Å². The minimum atomic E-state index is -5.11. The number of carbonyl (C=O) groups is 1. The number of nitrogens with one attached hydrogen (secondary N) is 1. The van der Waals surface area contributed by atoms with Gasteiger partial charge >= 0.3 is 10.4 Å². The van der Waals surface area contributed by atoms with Gasteiger partial charge in [0.15, 0.2) is 6.29 Å². The molecule has 1 heterocycles. The fourth-order valence-corrected chi connectivity index (χ4v) is 5.63. The molecule has 8 unspecified atom stereocenters. The third-order valence-corrected chi connectivity index (χ3v) is 8.47. The molecule has 0 spiro atoms. The molecule has 0 aromatic heterocycles. The van der Waals surface area contributed by atoms with Crippen molar-refractivity contribution < 1.29 is 57.0 Å². The van der Waals surface area contributed by atoms with Gasteiger partial charge in [0.05, 0.1) is 25.4 Å². The lowest BCUT2D eigenvalue weighted by molar-refractivity contribution is -0.298. The number of hydrogen-bond donors (Lipinski definition) is 7. The molecule has 280 valence electrons. The zero-order chi connectivity index (χ0) is 35.8. The summed E-state index contributed by atoms with van der Waals surface area (Å²) < 4.78 is 47.0. The topological polar surface area (TPSA) is 212 Å². The van der Waals surface area contributed by atoms with E-state index in [1.54, 1.807) is 6.08 Å². The fraction of sp³-hybridized carbons (Fsp3) is 0.794. The molecule has 0 radical (unpaired) electrons. The third-order valence-electron chi connectivity index (χ3n) is 8.01. The first-order chi connectivity index (χ1) is 22.9. The minimum Gasteiger partial charge on any atom is -0.394 e. The minimum absolute atomic E-state index is 0.150. The summed E-state index contributed by atoms with van der Waals surface area (Å²) in [5.74, 6) is -0.754.